The van der Waals surface area contributed by atoms with Crippen LogP contribution in [0.25, 0.3) is 0 Å². The summed E-state index contributed by atoms with van der Waals surface area (Å²) in [5.74, 6) is -0.705. The molecule has 2 atom stereocenters. The van der Waals surface area contributed by atoms with E-state index in [0.29, 0.717) is 0 Å². The third kappa shape index (κ3) is 4.79. The fourth-order valence-electron chi connectivity index (χ4n) is 1.46. The SMILES string of the molecule is C[C@@H](NS(=O)C(C)(C)C)c1cc(F)ccc1OC(F)F. The number of nitrogens with one attached hydrogen (secondary N) is 1. The molecule has 0 aliphatic carbocycles. The van der Waals surface area contributed by atoms with Crippen LogP contribution >= 0.6 is 0 Å². The Morgan fingerprint density at radius 3 is 2.40 bits per heavy atom. The molecule has 0 bridgehead atoms. The van der Waals surface area contributed by atoms with Crippen LogP contribution in [0.15, 0.2) is 18.2 Å². The van der Waals surface area contributed by atoms with Gasteiger partial charge in [0.1, 0.15) is 11.6 Å². The number of benzene rings is 1. The molecule has 0 aliphatic rings. The third-order valence-corrected chi connectivity index (χ3v) is 4.17. The zero-order valence-corrected chi connectivity index (χ0v) is 12.6. The van der Waals surface area contributed by atoms with Crippen LogP contribution in [0.5, 0.6) is 5.75 Å². The second-order valence-electron chi connectivity index (χ2n) is 5.28. The topological polar surface area (TPSA) is 38.3 Å². The molecule has 0 radical (unpaired) electrons. The molecular weight excluding hydrogens is 291 g/mol. The van der Waals surface area contributed by atoms with Crippen molar-refractivity contribution >= 4 is 11.0 Å². The standard InChI is InChI=1S/C13H18F3NO2S/c1-8(17-20(18)13(2,3)4)10-7-9(14)5-6-11(10)19-12(15)16/h5-8,12,17H,1-4H3/t8-,20?/m1/s1. The summed E-state index contributed by atoms with van der Waals surface area (Å²) < 4.78 is 56.5. The predicted molar refractivity (Wildman–Crippen MR) is 72.5 cm³/mol. The number of hydrogen-bond acceptors (Lipinski definition) is 2. The second kappa shape index (κ2) is 6.58. The van der Waals surface area contributed by atoms with Crippen molar-refractivity contribution in [3.05, 3.63) is 29.6 Å². The van der Waals surface area contributed by atoms with E-state index in [9.17, 15) is 17.4 Å². The molecule has 7 heteroatoms. The first-order valence-corrected chi connectivity index (χ1v) is 7.18. The summed E-state index contributed by atoms with van der Waals surface area (Å²) in [5, 5.41) is 0. The van der Waals surface area contributed by atoms with Gasteiger partial charge in [-0.15, -0.1) is 0 Å². The van der Waals surface area contributed by atoms with Crippen molar-refractivity contribution in [2.45, 2.75) is 45.1 Å². The lowest BCUT2D eigenvalue weighted by Crippen LogP contribution is -2.35. The molecular formula is C13H18F3NO2S. The largest absolute Gasteiger partial charge is 0.434 e. The first kappa shape index (κ1) is 17.0. The molecule has 114 valence electrons. The normalized spacial score (nSPS) is 15.2. The highest BCUT2D eigenvalue weighted by Crippen LogP contribution is 2.28. The maximum Gasteiger partial charge on any atom is 0.387 e. The van der Waals surface area contributed by atoms with Gasteiger partial charge in [-0.25, -0.2) is 13.3 Å². The second-order valence-corrected chi connectivity index (χ2v) is 7.28. The lowest BCUT2D eigenvalue weighted by atomic mass is 10.1. The van der Waals surface area contributed by atoms with E-state index in [-0.39, 0.29) is 11.3 Å². The smallest absolute Gasteiger partial charge is 0.387 e. The molecule has 0 spiro atoms. The zero-order chi connectivity index (χ0) is 15.5. The Morgan fingerprint density at radius 2 is 1.90 bits per heavy atom. The molecule has 0 saturated heterocycles. The molecule has 0 heterocycles. The molecule has 3 nitrogen and oxygen atoms in total. The van der Waals surface area contributed by atoms with E-state index in [4.69, 9.17) is 0 Å². The lowest BCUT2D eigenvalue weighted by Gasteiger charge is -2.23. The molecule has 0 fully saturated rings. The van der Waals surface area contributed by atoms with Crippen LogP contribution in [0.4, 0.5) is 13.2 Å². The Kier molecular flexibility index (Phi) is 5.59. The molecule has 20 heavy (non-hydrogen) atoms. The Morgan fingerprint density at radius 1 is 1.30 bits per heavy atom. The van der Waals surface area contributed by atoms with E-state index in [0.717, 1.165) is 18.2 Å². The van der Waals surface area contributed by atoms with E-state index >= 15 is 0 Å². The Balaban J connectivity index is 2.99. The average Bonchev–Trinajstić information content (AvgIpc) is 2.29. The summed E-state index contributed by atoms with van der Waals surface area (Å²) >= 11 is 0. The van der Waals surface area contributed by atoms with Gasteiger partial charge in [0, 0.05) is 11.6 Å². The van der Waals surface area contributed by atoms with Crippen molar-refractivity contribution in [2.75, 3.05) is 0 Å². The molecule has 0 saturated carbocycles. The molecule has 0 aliphatic heterocycles. The van der Waals surface area contributed by atoms with Crippen molar-refractivity contribution in [1.29, 1.82) is 0 Å². The van der Waals surface area contributed by atoms with Crippen LogP contribution in [0.3, 0.4) is 0 Å². The van der Waals surface area contributed by atoms with Crippen LogP contribution < -0.4 is 9.46 Å². The quantitative estimate of drug-likeness (QED) is 0.903. The first-order valence-electron chi connectivity index (χ1n) is 6.03. The van der Waals surface area contributed by atoms with Gasteiger partial charge in [0.25, 0.3) is 0 Å². The van der Waals surface area contributed by atoms with Gasteiger partial charge in [-0.2, -0.15) is 8.78 Å². The average molecular weight is 309 g/mol. The number of halogens is 3. The van der Waals surface area contributed by atoms with Crippen LogP contribution in [0.1, 0.15) is 39.3 Å². The minimum absolute atomic E-state index is 0.132. The Bertz CT molecular complexity index is 489. The summed E-state index contributed by atoms with van der Waals surface area (Å²) in [7, 11) is -1.41. The van der Waals surface area contributed by atoms with Crippen LogP contribution in [-0.2, 0) is 11.0 Å². The maximum absolute atomic E-state index is 13.3. The number of hydrogen-bond donors (Lipinski definition) is 1. The van der Waals surface area contributed by atoms with Crippen molar-refractivity contribution in [1.82, 2.24) is 4.72 Å². The number of rotatable bonds is 5. The van der Waals surface area contributed by atoms with Crippen molar-refractivity contribution in [3.8, 4) is 5.75 Å². The van der Waals surface area contributed by atoms with Crippen molar-refractivity contribution in [2.24, 2.45) is 0 Å². The lowest BCUT2D eigenvalue weighted by molar-refractivity contribution is -0.0506. The van der Waals surface area contributed by atoms with Crippen LogP contribution in [0.2, 0.25) is 0 Å². The van der Waals surface area contributed by atoms with Crippen molar-refractivity contribution < 1.29 is 22.1 Å². The van der Waals surface area contributed by atoms with Crippen LogP contribution in [0, 0.1) is 5.82 Å². The summed E-state index contributed by atoms with van der Waals surface area (Å²) in [4.78, 5) is 0. The van der Waals surface area contributed by atoms with E-state index in [2.05, 4.69) is 9.46 Å². The maximum atomic E-state index is 13.3. The Labute approximate surface area is 119 Å². The van der Waals surface area contributed by atoms with Gasteiger partial charge in [0.05, 0.1) is 15.7 Å². The molecule has 0 aromatic heterocycles. The van der Waals surface area contributed by atoms with E-state index in [1.54, 1.807) is 27.7 Å². The Hall–Kier alpha value is -1.08. The highest BCUT2D eigenvalue weighted by Gasteiger charge is 2.24. The monoisotopic (exact) mass is 309 g/mol. The summed E-state index contributed by atoms with van der Waals surface area (Å²) in [6.45, 7) is 3.91. The fraction of sp³-hybridized carbons (Fsp3) is 0.538. The van der Waals surface area contributed by atoms with Gasteiger partial charge < -0.3 is 4.74 Å². The summed E-state index contributed by atoms with van der Waals surface area (Å²) in [6.07, 6.45) is 0. The van der Waals surface area contributed by atoms with E-state index in [1.807, 2.05) is 0 Å². The van der Waals surface area contributed by atoms with Gasteiger partial charge in [0.15, 0.2) is 0 Å². The van der Waals surface area contributed by atoms with Crippen LogP contribution in [-0.4, -0.2) is 15.6 Å². The highest BCUT2D eigenvalue weighted by molar-refractivity contribution is 7.84. The van der Waals surface area contributed by atoms with Gasteiger partial charge in [-0.1, -0.05) is 0 Å². The van der Waals surface area contributed by atoms with Gasteiger partial charge >= 0.3 is 6.61 Å². The zero-order valence-electron chi connectivity index (χ0n) is 11.7. The van der Waals surface area contributed by atoms with Gasteiger partial charge in [0.2, 0.25) is 0 Å². The highest BCUT2D eigenvalue weighted by atomic mass is 32.2. The molecule has 1 unspecified atom stereocenters. The summed E-state index contributed by atoms with van der Waals surface area (Å²) in [5.41, 5.74) is 0.197. The minimum Gasteiger partial charge on any atom is -0.434 e. The molecule has 1 rings (SSSR count). The number of alkyl halides is 2. The van der Waals surface area contributed by atoms with E-state index in [1.165, 1.54) is 0 Å². The molecule has 1 N–H and O–H groups in total. The molecule has 1 aromatic rings. The minimum atomic E-state index is -3.00. The van der Waals surface area contributed by atoms with Gasteiger partial charge in [-0.3, -0.25) is 0 Å². The first-order chi connectivity index (χ1) is 9.11. The van der Waals surface area contributed by atoms with Crippen molar-refractivity contribution in [3.63, 3.8) is 0 Å². The fourth-order valence-corrected chi connectivity index (χ4v) is 2.26. The number of ether oxygens (including phenoxy) is 1. The third-order valence-electron chi connectivity index (χ3n) is 2.49. The van der Waals surface area contributed by atoms with E-state index < -0.39 is 34.2 Å². The molecule has 1 aromatic carbocycles. The molecule has 0 amide bonds. The van der Waals surface area contributed by atoms with Gasteiger partial charge in [-0.05, 0) is 45.9 Å². The predicted octanol–water partition coefficient (Wildman–Crippen LogP) is 3.54. The summed E-state index contributed by atoms with van der Waals surface area (Å²) in [6, 6.07) is 2.67.